The van der Waals surface area contributed by atoms with Gasteiger partial charge in [0.1, 0.15) is 0 Å². The summed E-state index contributed by atoms with van der Waals surface area (Å²) in [6.07, 6.45) is 12.2. The molecule has 2 heteroatoms. The summed E-state index contributed by atoms with van der Waals surface area (Å²) in [4.78, 5) is 2.64. The van der Waals surface area contributed by atoms with Gasteiger partial charge in [-0.2, -0.15) is 0 Å². The highest BCUT2D eigenvalue weighted by molar-refractivity contribution is 5.85. The molecule has 0 saturated heterocycles. The molecular weight excluding hydrogens is 342 g/mol. The SMILES string of the molecule is CCCCCCN(CCCCCC)CCC[C@H](O)c1cccc2ccccc12. The first-order valence-electron chi connectivity index (χ1n) is 11.6. The van der Waals surface area contributed by atoms with Crippen LogP contribution >= 0.6 is 0 Å². The largest absolute Gasteiger partial charge is 0.388 e. The summed E-state index contributed by atoms with van der Waals surface area (Å²) in [7, 11) is 0. The lowest BCUT2D eigenvalue weighted by Gasteiger charge is -2.23. The summed E-state index contributed by atoms with van der Waals surface area (Å²) in [5.41, 5.74) is 1.08. The third-order valence-electron chi connectivity index (χ3n) is 5.79. The minimum atomic E-state index is -0.367. The standard InChI is InChI=1S/C26H41NO/c1-3-5-7-11-20-27(21-12-8-6-4-2)22-14-19-26(28)25-18-13-16-23-15-9-10-17-24(23)25/h9-10,13,15-18,26,28H,3-8,11-12,14,19-22H2,1-2H3/t26-/m0/s1. The molecule has 0 amide bonds. The van der Waals surface area contributed by atoms with Gasteiger partial charge >= 0.3 is 0 Å². The van der Waals surface area contributed by atoms with E-state index in [1.807, 2.05) is 0 Å². The Hall–Kier alpha value is -1.38. The summed E-state index contributed by atoms with van der Waals surface area (Å²) in [5, 5.41) is 13.2. The summed E-state index contributed by atoms with van der Waals surface area (Å²) < 4.78 is 0. The lowest BCUT2D eigenvalue weighted by Crippen LogP contribution is -2.27. The van der Waals surface area contributed by atoms with Crippen molar-refractivity contribution in [3.63, 3.8) is 0 Å². The molecular formula is C26H41NO. The number of hydrogen-bond donors (Lipinski definition) is 1. The van der Waals surface area contributed by atoms with E-state index in [9.17, 15) is 5.11 Å². The molecule has 1 N–H and O–H groups in total. The van der Waals surface area contributed by atoms with Crippen molar-refractivity contribution < 1.29 is 5.11 Å². The molecule has 0 bridgehead atoms. The van der Waals surface area contributed by atoms with E-state index in [-0.39, 0.29) is 6.10 Å². The molecule has 2 aromatic rings. The molecule has 0 aromatic heterocycles. The molecule has 28 heavy (non-hydrogen) atoms. The van der Waals surface area contributed by atoms with Gasteiger partial charge in [-0.15, -0.1) is 0 Å². The highest BCUT2D eigenvalue weighted by atomic mass is 16.3. The van der Waals surface area contributed by atoms with Crippen molar-refractivity contribution in [2.24, 2.45) is 0 Å². The minimum Gasteiger partial charge on any atom is -0.388 e. The van der Waals surface area contributed by atoms with Crippen LogP contribution in [0.3, 0.4) is 0 Å². The van der Waals surface area contributed by atoms with E-state index in [1.54, 1.807) is 0 Å². The van der Waals surface area contributed by atoms with Gasteiger partial charge in [-0.3, -0.25) is 0 Å². The van der Waals surface area contributed by atoms with Crippen LogP contribution in [0.5, 0.6) is 0 Å². The van der Waals surface area contributed by atoms with Crippen molar-refractivity contribution in [2.45, 2.75) is 84.2 Å². The predicted octanol–water partition coefficient (Wildman–Crippen LogP) is 7.12. The van der Waals surface area contributed by atoms with E-state index >= 15 is 0 Å². The summed E-state index contributed by atoms with van der Waals surface area (Å²) in [5.74, 6) is 0. The Morgan fingerprint density at radius 2 is 1.32 bits per heavy atom. The zero-order valence-corrected chi connectivity index (χ0v) is 18.2. The lowest BCUT2D eigenvalue weighted by molar-refractivity contribution is 0.155. The van der Waals surface area contributed by atoms with Gasteiger partial charge in [0, 0.05) is 0 Å². The fraction of sp³-hybridized carbons (Fsp3) is 0.615. The summed E-state index contributed by atoms with van der Waals surface area (Å²) >= 11 is 0. The third kappa shape index (κ3) is 7.93. The number of unbranched alkanes of at least 4 members (excludes halogenated alkanes) is 6. The van der Waals surface area contributed by atoms with Crippen LogP contribution in [0.15, 0.2) is 42.5 Å². The Morgan fingerprint density at radius 3 is 2.00 bits per heavy atom. The third-order valence-corrected chi connectivity index (χ3v) is 5.79. The molecule has 1 atom stereocenters. The fourth-order valence-corrected chi connectivity index (χ4v) is 4.06. The van der Waals surface area contributed by atoms with Crippen LogP contribution in [0, 0.1) is 0 Å². The second-order valence-corrected chi connectivity index (χ2v) is 8.19. The van der Waals surface area contributed by atoms with E-state index in [0.29, 0.717) is 0 Å². The number of nitrogens with zero attached hydrogens (tertiary/aromatic N) is 1. The number of fused-ring (bicyclic) bond motifs is 1. The van der Waals surface area contributed by atoms with E-state index in [4.69, 9.17) is 0 Å². The maximum absolute atomic E-state index is 10.8. The lowest BCUT2D eigenvalue weighted by atomic mass is 9.98. The van der Waals surface area contributed by atoms with Gasteiger partial charge in [0.15, 0.2) is 0 Å². The van der Waals surface area contributed by atoms with Crippen LogP contribution in [0.2, 0.25) is 0 Å². The monoisotopic (exact) mass is 383 g/mol. The number of aliphatic hydroxyl groups excluding tert-OH is 1. The summed E-state index contributed by atoms with van der Waals surface area (Å²) in [6.45, 7) is 8.10. The first-order chi connectivity index (χ1) is 13.8. The molecule has 2 aromatic carbocycles. The van der Waals surface area contributed by atoms with E-state index in [0.717, 1.165) is 24.9 Å². The Kier molecular flexibility index (Phi) is 11.2. The Labute approximate surface area is 173 Å². The Balaban J connectivity index is 1.82. The number of benzene rings is 2. The smallest absolute Gasteiger partial charge is 0.0796 e. The highest BCUT2D eigenvalue weighted by Gasteiger charge is 2.12. The topological polar surface area (TPSA) is 23.5 Å². The van der Waals surface area contributed by atoms with Gasteiger partial charge in [-0.25, -0.2) is 0 Å². The molecule has 0 fully saturated rings. The average Bonchev–Trinajstić information content (AvgIpc) is 2.73. The first kappa shape index (κ1) is 22.9. The van der Waals surface area contributed by atoms with Gasteiger partial charge in [0.05, 0.1) is 6.10 Å². The second-order valence-electron chi connectivity index (χ2n) is 8.19. The molecule has 0 spiro atoms. The molecule has 0 unspecified atom stereocenters. The van der Waals surface area contributed by atoms with E-state index < -0.39 is 0 Å². The molecule has 0 saturated carbocycles. The highest BCUT2D eigenvalue weighted by Crippen LogP contribution is 2.27. The van der Waals surface area contributed by atoms with E-state index in [1.165, 1.54) is 75.2 Å². The van der Waals surface area contributed by atoms with Crippen LogP contribution < -0.4 is 0 Å². The van der Waals surface area contributed by atoms with Gasteiger partial charge in [-0.05, 0) is 61.7 Å². The van der Waals surface area contributed by atoms with Crippen LogP contribution in [0.25, 0.3) is 10.8 Å². The Morgan fingerprint density at radius 1 is 0.714 bits per heavy atom. The normalized spacial score (nSPS) is 12.7. The van der Waals surface area contributed by atoms with Gasteiger partial charge in [0.2, 0.25) is 0 Å². The molecule has 2 nitrogen and oxygen atoms in total. The molecule has 0 aliphatic heterocycles. The predicted molar refractivity (Wildman–Crippen MR) is 123 cm³/mol. The number of aliphatic hydroxyl groups is 1. The maximum atomic E-state index is 10.8. The fourth-order valence-electron chi connectivity index (χ4n) is 4.06. The number of rotatable bonds is 15. The van der Waals surface area contributed by atoms with Gasteiger partial charge in [-0.1, -0.05) is 94.8 Å². The van der Waals surface area contributed by atoms with Crippen molar-refractivity contribution in [1.82, 2.24) is 4.90 Å². The number of hydrogen-bond acceptors (Lipinski definition) is 2. The van der Waals surface area contributed by atoms with Crippen molar-refractivity contribution in [2.75, 3.05) is 19.6 Å². The Bertz CT molecular complexity index is 636. The molecule has 2 rings (SSSR count). The van der Waals surface area contributed by atoms with Crippen LogP contribution in [0.4, 0.5) is 0 Å². The molecule has 0 aliphatic carbocycles. The van der Waals surface area contributed by atoms with Gasteiger partial charge in [0.25, 0.3) is 0 Å². The summed E-state index contributed by atoms with van der Waals surface area (Å²) in [6, 6.07) is 14.6. The zero-order valence-electron chi connectivity index (χ0n) is 18.2. The minimum absolute atomic E-state index is 0.367. The second kappa shape index (κ2) is 13.7. The van der Waals surface area contributed by atoms with Crippen LogP contribution in [-0.4, -0.2) is 29.6 Å². The molecule has 0 radical (unpaired) electrons. The molecule has 0 aliphatic rings. The molecule has 0 heterocycles. The van der Waals surface area contributed by atoms with Crippen molar-refractivity contribution in [1.29, 1.82) is 0 Å². The maximum Gasteiger partial charge on any atom is 0.0796 e. The average molecular weight is 384 g/mol. The zero-order chi connectivity index (χ0) is 20.0. The molecule has 156 valence electrons. The van der Waals surface area contributed by atoms with Crippen LogP contribution in [0.1, 0.15) is 89.7 Å². The van der Waals surface area contributed by atoms with Crippen LogP contribution in [-0.2, 0) is 0 Å². The van der Waals surface area contributed by atoms with Crippen molar-refractivity contribution in [3.8, 4) is 0 Å². The first-order valence-corrected chi connectivity index (χ1v) is 11.6. The van der Waals surface area contributed by atoms with Crippen molar-refractivity contribution >= 4 is 10.8 Å². The quantitative estimate of drug-likeness (QED) is 0.331. The van der Waals surface area contributed by atoms with Gasteiger partial charge < -0.3 is 10.0 Å². The van der Waals surface area contributed by atoms with E-state index in [2.05, 4.69) is 61.2 Å². The van der Waals surface area contributed by atoms with Crippen molar-refractivity contribution in [3.05, 3.63) is 48.0 Å².